The van der Waals surface area contributed by atoms with Crippen molar-refractivity contribution in [3.8, 4) is 11.5 Å². The lowest BCUT2D eigenvalue weighted by Crippen LogP contribution is -2.34. The smallest absolute Gasteiger partial charge is 0.402 e. The van der Waals surface area contributed by atoms with Gasteiger partial charge in [-0.25, -0.2) is 9.59 Å². The Bertz CT molecular complexity index is 1290. The van der Waals surface area contributed by atoms with Crippen molar-refractivity contribution in [3.63, 3.8) is 0 Å². The maximum atomic E-state index is 13.4. The zero-order valence-electron chi connectivity index (χ0n) is 18.4. The van der Waals surface area contributed by atoms with Crippen molar-refractivity contribution in [2.75, 3.05) is 6.61 Å². The van der Waals surface area contributed by atoms with Gasteiger partial charge >= 0.3 is 33.3 Å². The van der Waals surface area contributed by atoms with Gasteiger partial charge in [-0.3, -0.25) is 9.35 Å². The molecule has 2 atom stereocenters. The van der Waals surface area contributed by atoms with Gasteiger partial charge in [0.2, 0.25) is 11.5 Å². The van der Waals surface area contributed by atoms with E-state index in [9.17, 15) is 31.6 Å². The summed E-state index contributed by atoms with van der Waals surface area (Å²) >= 11 is 0. The SMILES string of the molecule is O=C(CCC1CC2CCCC(C2)C1)Oc1c2c3oc1c(C(=O)OCC(F)(F)S(=O)(=O)O)c3C(=O)O2. The summed E-state index contributed by atoms with van der Waals surface area (Å²) < 4.78 is 76.9. The highest BCUT2D eigenvalue weighted by molar-refractivity contribution is 7.86. The van der Waals surface area contributed by atoms with Crippen molar-refractivity contribution < 1.29 is 54.8 Å². The predicted molar refractivity (Wildman–Crippen MR) is 112 cm³/mol. The van der Waals surface area contributed by atoms with Gasteiger partial charge in [0.05, 0.1) is 0 Å². The number of rotatable bonds is 8. The zero-order valence-corrected chi connectivity index (χ0v) is 19.2. The highest BCUT2D eigenvalue weighted by Crippen LogP contribution is 2.52. The molecule has 2 aromatic rings. The van der Waals surface area contributed by atoms with Gasteiger partial charge < -0.3 is 18.6 Å². The van der Waals surface area contributed by atoms with Crippen LogP contribution in [0.2, 0.25) is 0 Å². The lowest BCUT2D eigenvalue weighted by molar-refractivity contribution is -0.134. The third kappa shape index (κ3) is 4.24. The van der Waals surface area contributed by atoms with Crippen LogP contribution >= 0.6 is 0 Å². The predicted octanol–water partition coefficient (Wildman–Crippen LogP) is 3.94. The molecule has 0 amide bonds. The monoisotopic (exact) mass is 516 g/mol. The molecule has 0 aromatic carbocycles. The van der Waals surface area contributed by atoms with E-state index >= 15 is 0 Å². The number of furan rings is 2. The van der Waals surface area contributed by atoms with Gasteiger partial charge in [0.25, 0.3) is 0 Å². The van der Waals surface area contributed by atoms with Gasteiger partial charge in [0, 0.05) is 6.42 Å². The lowest BCUT2D eigenvalue weighted by atomic mass is 9.67. The first-order valence-corrected chi connectivity index (χ1v) is 12.7. The molecule has 3 heterocycles. The molecule has 4 bridgehead atoms. The highest BCUT2D eigenvalue weighted by atomic mass is 32.2. The summed E-state index contributed by atoms with van der Waals surface area (Å²) in [6.45, 7) is -2.01. The molecule has 0 radical (unpaired) electrons. The molecular weight excluding hydrogens is 494 g/mol. The Labute approximate surface area is 197 Å². The van der Waals surface area contributed by atoms with E-state index in [2.05, 4.69) is 4.74 Å². The summed E-state index contributed by atoms with van der Waals surface area (Å²) in [7, 11) is -5.84. The number of hydrogen-bond acceptors (Lipinski definition) is 9. The number of fused-ring (bicyclic) bond motifs is 3. The summed E-state index contributed by atoms with van der Waals surface area (Å²) in [5, 5.41) is -4.77. The molecule has 2 fully saturated rings. The Morgan fingerprint density at radius 3 is 2.46 bits per heavy atom. The molecule has 2 saturated carbocycles. The van der Waals surface area contributed by atoms with Gasteiger partial charge in [-0.15, -0.1) is 0 Å². The van der Waals surface area contributed by atoms with Crippen LogP contribution in [-0.4, -0.2) is 42.7 Å². The second-order valence-electron chi connectivity index (χ2n) is 9.50. The number of carbonyl (C=O) groups excluding carboxylic acids is 3. The standard InChI is InChI=1S/C22H22F2O10S/c23-22(24,35(28,29)30)9-31-20(26)14-15-17-19(34-21(15)27)18(16(14)33-17)32-13(25)5-4-12-7-10-2-1-3-11(6-10)8-12/h10-12H,1-9H2,(H,28,29,30). The molecule has 2 unspecified atom stereocenters. The average molecular weight is 516 g/mol. The molecule has 5 rings (SSSR count). The molecule has 0 spiro atoms. The number of halogens is 2. The molecule has 2 aromatic heterocycles. The molecule has 3 aliphatic rings. The summed E-state index contributed by atoms with van der Waals surface area (Å²) in [4.78, 5) is 37.2. The Morgan fingerprint density at radius 1 is 1.11 bits per heavy atom. The number of alkyl halides is 2. The summed E-state index contributed by atoms with van der Waals surface area (Å²) in [6, 6.07) is 0. The van der Waals surface area contributed by atoms with E-state index in [-0.39, 0.29) is 23.5 Å². The zero-order chi connectivity index (χ0) is 25.1. The number of carbonyl (C=O) groups is 3. The van der Waals surface area contributed by atoms with Crippen LogP contribution in [0.5, 0.6) is 11.5 Å². The largest absolute Gasteiger partial charge is 0.454 e. The van der Waals surface area contributed by atoms with E-state index in [0.717, 1.165) is 12.8 Å². The normalized spacial score (nSPS) is 24.0. The summed E-state index contributed by atoms with van der Waals surface area (Å²) in [5.74, 6) is -1.94. The molecule has 2 aliphatic carbocycles. The van der Waals surface area contributed by atoms with Gasteiger partial charge in [-0.2, -0.15) is 17.2 Å². The van der Waals surface area contributed by atoms with Crippen LogP contribution in [0.1, 0.15) is 72.1 Å². The van der Waals surface area contributed by atoms with Gasteiger partial charge in [-0.05, 0) is 43.4 Å². The molecule has 35 heavy (non-hydrogen) atoms. The van der Waals surface area contributed by atoms with Gasteiger partial charge in [0.15, 0.2) is 17.8 Å². The first-order chi connectivity index (χ1) is 16.4. The van der Waals surface area contributed by atoms with E-state index < -0.39 is 56.6 Å². The maximum absolute atomic E-state index is 13.4. The lowest BCUT2D eigenvalue weighted by Gasteiger charge is -2.39. The fraction of sp³-hybridized carbons (Fsp3) is 0.591. The minimum atomic E-state index is -5.84. The quantitative estimate of drug-likeness (QED) is 0.311. The third-order valence-electron chi connectivity index (χ3n) is 7.08. The molecule has 13 heteroatoms. The first kappa shape index (κ1) is 23.9. The molecule has 0 saturated heterocycles. The van der Waals surface area contributed by atoms with E-state index in [1.165, 1.54) is 25.7 Å². The van der Waals surface area contributed by atoms with Crippen LogP contribution in [-0.2, 0) is 19.6 Å². The van der Waals surface area contributed by atoms with Crippen molar-refractivity contribution in [3.05, 3.63) is 11.1 Å². The van der Waals surface area contributed by atoms with E-state index in [1.807, 2.05) is 0 Å². The molecule has 1 aliphatic heterocycles. The summed E-state index contributed by atoms with van der Waals surface area (Å²) in [6.07, 6.45) is 7.81. The Kier molecular flexibility index (Phi) is 5.74. The molecular formula is C22H22F2O10S. The molecule has 1 N–H and O–H groups in total. The third-order valence-corrected chi connectivity index (χ3v) is 7.95. The average Bonchev–Trinajstić information content (AvgIpc) is 3.39. The van der Waals surface area contributed by atoms with Crippen LogP contribution in [0.25, 0.3) is 11.2 Å². The van der Waals surface area contributed by atoms with Crippen LogP contribution in [0.3, 0.4) is 0 Å². The van der Waals surface area contributed by atoms with Crippen LogP contribution < -0.4 is 9.47 Å². The number of benzene rings is 1. The van der Waals surface area contributed by atoms with Crippen molar-refractivity contribution in [2.24, 2.45) is 17.8 Å². The minimum absolute atomic E-state index is 0.0916. The van der Waals surface area contributed by atoms with Gasteiger partial charge in [0.1, 0.15) is 11.1 Å². The second-order valence-corrected chi connectivity index (χ2v) is 11.0. The topological polar surface area (TPSA) is 146 Å². The number of hydrogen-bond donors (Lipinski definition) is 1. The number of esters is 3. The number of ether oxygens (including phenoxy) is 3. The van der Waals surface area contributed by atoms with Crippen molar-refractivity contribution in [1.82, 2.24) is 0 Å². The second kappa shape index (κ2) is 8.40. The maximum Gasteiger partial charge on any atom is 0.402 e. The summed E-state index contributed by atoms with van der Waals surface area (Å²) in [5.41, 5.74) is -1.64. The van der Waals surface area contributed by atoms with Crippen molar-refractivity contribution >= 4 is 39.2 Å². The van der Waals surface area contributed by atoms with Crippen molar-refractivity contribution in [1.29, 1.82) is 0 Å². The fourth-order valence-corrected chi connectivity index (χ4v) is 5.77. The highest BCUT2D eigenvalue weighted by Gasteiger charge is 2.48. The van der Waals surface area contributed by atoms with Crippen LogP contribution in [0.15, 0.2) is 4.42 Å². The molecule has 10 nitrogen and oxygen atoms in total. The first-order valence-electron chi connectivity index (χ1n) is 11.3. The van der Waals surface area contributed by atoms with Crippen molar-refractivity contribution in [2.45, 2.75) is 56.6 Å². The molecule has 190 valence electrons. The Morgan fingerprint density at radius 2 is 1.80 bits per heavy atom. The van der Waals surface area contributed by atoms with E-state index in [0.29, 0.717) is 24.2 Å². The van der Waals surface area contributed by atoms with Crippen LogP contribution in [0.4, 0.5) is 8.78 Å². The van der Waals surface area contributed by atoms with Gasteiger partial charge in [-0.1, -0.05) is 19.3 Å². The van der Waals surface area contributed by atoms with E-state index in [4.69, 9.17) is 18.4 Å². The van der Waals surface area contributed by atoms with Crippen LogP contribution in [0, 0.1) is 17.8 Å². The fourth-order valence-electron chi connectivity index (χ4n) is 5.56. The minimum Gasteiger partial charge on any atom is -0.454 e. The Balaban J connectivity index is 1.28. The van der Waals surface area contributed by atoms with E-state index in [1.54, 1.807) is 0 Å². The Hall–Kier alpha value is -2.80.